The molecule has 0 aliphatic carbocycles. The number of allylic oxidation sites excluding steroid dienone is 2. The van der Waals surface area contributed by atoms with Crippen molar-refractivity contribution in [3.05, 3.63) is 46.0 Å². The fraction of sp³-hybridized carbons (Fsp3) is 0.357. The van der Waals surface area contributed by atoms with Crippen LogP contribution in [0.4, 0.5) is 13.2 Å². The molecule has 7 heteroatoms. The number of Topliss-reactive ketones (excluding diaryl/α,β-unsaturated/α-hetero) is 1. The van der Waals surface area contributed by atoms with Crippen LogP contribution in [0.25, 0.3) is 0 Å². The Bertz CT molecular complexity index is 572. The SMILES string of the molecule is Br.CC1=C(C)N(CC(=O)c2ccccc2C(F)(F)F)CS1. The highest BCUT2D eigenvalue weighted by Crippen LogP contribution is 2.34. The van der Waals surface area contributed by atoms with Gasteiger partial charge in [-0.1, -0.05) is 18.2 Å². The molecule has 2 nitrogen and oxygen atoms in total. The van der Waals surface area contributed by atoms with E-state index in [2.05, 4.69) is 0 Å². The lowest BCUT2D eigenvalue weighted by atomic mass is 10.0. The molecule has 0 saturated heterocycles. The molecule has 0 bridgehead atoms. The van der Waals surface area contributed by atoms with Gasteiger partial charge in [-0.05, 0) is 19.9 Å². The first-order valence-electron chi connectivity index (χ1n) is 6.05. The van der Waals surface area contributed by atoms with E-state index in [1.54, 1.807) is 16.7 Å². The summed E-state index contributed by atoms with van der Waals surface area (Å²) < 4.78 is 38.6. The average molecular weight is 382 g/mol. The zero-order valence-electron chi connectivity index (χ0n) is 11.5. The van der Waals surface area contributed by atoms with Gasteiger partial charge in [-0.15, -0.1) is 28.7 Å². The van der Waals surface area contributed by atoms with Crippen molar-refractivity contribution in [2.75, 3.05) is 12.4 Å². The van der Waals surface area contributed by atoms with E-state index in [1.807, 2.05) is 13.8 Å². The fourth-order valence-electron chi connectivity index (χ4n) is 1.99. The zero-order valence-corrected chi connectivity index (χ0v) is 14.1. The smallest absolute Gasteiger partial charge is 0.357 e. The fourth-order valence-corrected chi connectivity index (χ4v) is 2.97. The van der Waals surface area contributed by atoms with Gasteiger partial charge < -0.3 is 4.90 Å². The highest BCUT2D eigenvalue weighted by atomic mass is 79.9. The Morgan fingerprint density at radius 1 is 1.29 bits per heavy atom. The van der Waals surface area contributed by atoms with E-state index >= 15 is 0 Å². The maximum absolute atomic E-state index is 12.9. The van der Waals surface area contributed by atoms with Crippen molar-refractivity contribution in [2.45, 2.75) is 20.0 Å². The zero-order chi connectivity index (χ0) is 14.9. The summed E-state index contributed by atoms with van der Waals surface area (Å²) in [5.74, 6) is 0.102. The Hall–Kier alpha value is -0.950. The topological polar surface area (TPSA) is 20.3 Å². The predicted octanol–water partition coefficient (Wildman–Crippen LogP) is 4.72. The number of halogens is 4. The molecule has 0 aromatic heterocycles. The molecule has 21 heavy (non-hydrogen) atoms. The van der Waals surface area contributed by atoms with Gasteiger partial charge in [-0.2, -0.15) is 13.2 Å². The number of hydrogen-bond donors (Lipinski definition) is 0. The number of thioether (sulfide) groups is 1. The summed E-state index contributed by atoms with van der Waals surface area (Å²) in [5.41, 5.74) is -0.176. The van der Waals surface area contributed by atoms with Crippen LogP contribution in [-0.2, 0) is 6.18 Å². The third-order valence-corrected chi connectivity index (χ3v) is 4.46. The van der Waals surface area contributed by atoms with Crippen molar-refractivity contribution in [3.8, 4) is 0 Å². The van der Waals surface area contributed by atoms with E-state index in [9.17, 15) is 18.0 Å². The molecular formula is C14H15BrF3NOS. The van der Waals surface area contributed by atoms with Crippen LogP contribution < -0.4 is 0 Å². The molecule has 0 atom stereocenters. The molecule has 0 unspecified atom stereocenters. The largest absolute Gasteiger partial charge is 0.417 e. The van der Waals surface area contributed by atoms with Gasteiger partial charge in [0.1, 0.15) is 0 Å². The van der Waals surface area contributed by atoms with Gasteiger partial charge in [0.05, 0.1) is 18.0 Å². The number of alkyl halides is 3. The molecule has 0 spiro atoms. The molecule has 0 saturated carbocycles. The Kier molecular flexibility index (Phi) is 5.92. The van der Waals surface area contributed by atoms with Gasteiger partial charge in [-0.25, -0.2) is 0 Å². The normalized spacial score (nSPS) is 15.2. The van der Waals surface area contributed by atoms with E-state index in [0.29, 0.717) is 5.88 Å². The van der Waals surface area contributed by atoms with Crippen molar-refractivity contribution >= 4 is 34.5 Å². The standard InChI is InChI=1S/C14H14F3NOS.BrH/c1-9-10(2)20-8-18(9)7-13(19)11-5-3-4-6-12(11)14(15,16)17;/h3-6H,7-8H2,1-2H3;1H. The molecular weight excluding hydrogens is 367 g/mol. The second-order valence-electron chi connectivity index (χ2n) is 4.58. The minimum absolute atomic E-state index is 0. The summed E-state index contributed by atoms with van der Waals surface area (Å²) in [4.78, 5) is 15.0. The summed E-state index contributed by atoms with van der Waals surface area (Å²) in [6.07, 6.45) is -4.51. The van der Waals surface area contributed by atoms with E-state index in [4.69, 9.17) is 0 Å². The Morgan fingerprint density at radius 3 is 2.43 bits per heavy atom. The van der Waals surface area contributed by atoms with Crippen molar-refractivity contribution in [1.29, 1.82) is 0 Å². The molecule has 1 heterocycles. The van der Waals surface area contributed by atoms with Gasteiger partial charge in [-0.3, -0.25) is 4.79 Å². The molecule has 0 fully saturated rings. The van der Waals surface area contributed by atoms with Crippen LogP contribution in [0.3, 0.4) is 0 Å². The van der Waals surface area contributed by atoms with Crippen molar-refractivity contribution in [1.82, 2.24) is 4.90 Å². The summed E-state index contributed by atoms with van der Waals surface area (Å²) in [6.45, 7) is 3.79. The molecule has 0 radical (unpaired) electrons. The average Bonchev–Trinajstić information content (AvgIpc) is 2.70. The molecule has 1 aromatic carbocycles. The minimum atomic E-state index is -4.51. The van der Waals surface area contributed by atoms with Crippen LogP contribution in [-0.4, -0.2) is 23.1 Å². The van der Waals surface area contributed by atoms with E-state index in [0.717, 1.165) is 16.7 Å². The molecule has 0 N–H and O–H groups in total. The highest BCUT2D eigenvalue weighted by molar-refractivity contribution is 8.93. The van der Waals surface area contributed by atoms with E-state index in [-0.39, 0.29) is 29.1 Å². The van der Waals surface area contributed by atoms with Crippen LogP contribution in [0.2, 0.25) is 0 Å². The van der Waals surface area contributed by atoms with Gasteiger partial charge in [0.15, 0.2) is 5.78 Å². The van der Waals surface area contributed by atoms with Gasteiger partial charge in [0.2, 0.25) is 0 Å². The second kappa shape index (κ2) is 6.87. The number of nitrogens with zero attached hydrogens (tertiary/aromatic N) is 1. The van der Waals surface area contributed by atoms with Crippen LogP contribution in [0, 0.1) is 0 Å². The third-order valence-electron chi connectivity index (χ3n) is 3.29. The van der Waals surface area contributed by atoms with Crippen LogP contribution in [0.1, 0.15) is 29.8 Å². The molecule has 1 aromatic rings. The lowest BCUT2D eigenvalue weighted by Gasteiger charge is -2.19. The van der Waals surface area contributed by atoms with Gasteiger partial charge in [0.25, 0.3) is 0 Å². The number of hydrogen-bond acceptors (Lipinski definition) is 3. The lowest BCUT2D eigenvalue weighted by molar-refractivity contribution is -0.137. The first-order valence-corrected chi connectivity index (χ1v) is 7.04. The molecule has 116 valence electrons. The van der Waals surface area contributed by atoms with Crippen molar-refractivity contribution < 1.29 is 18.0 Å². The number of carbonyl (C=O) groups is 1. The summed E-state index contributed by atoms with van der Waals surface area (Å²) in [7, 11) is 0. The molecule has 1 aliphatic heterocycles. The van der Waals surface area contributed by atoms with Crippen molar-refractivity contribution in [2.24, 2.45) is 0 Å². The lowest BCUT2D eigenvalue weighted by Crippen LogP contribution is -2.27. The quantitative estimate of drug-likeness (QED) is 0.706. The maximum Gasteiger partial charge on any atom is 0.417 e. The molecule has 0 amide bonds. The second-order valence-corrected chi connectivity index (χ2v) is 5.74. The first-order chi connectivity index (χ1) is 9.30. The first kappa shape index (κ1) is 18.1. The number of benzene rings is 1. The Morgan fingerprint density at radius 2 is 1.90 bits per heavy atom. The third kappa shape index (κ3) is 4.03. The van der Waals surface area contributed by atoms with E-state index in [1.165, 1.54) is 18.2 Å². The Balaban J connectivity index is 0.00000220. The van der Waals surface area contributed by atoms with Crippen LogP contribution in [0.15, 0.2) is 34.9 Å². The summed E-state index contributed by atoms with van der Waals surface area (Å²) >= 11 is 1.59. The number of rotatable bonds is 3. The predicted molar refractivity (Wildman–Crippen MR) is 83.6 cm³/mol. The van der Waals surface area contributed by atoms with Gasteiger partial charge in [0, 0.05) is 16.2 Å². The maximum atomic E-state index is 12.9. The molecule has 1 aliphatic rings. The van der Waals surface area contributed by atoms with Gasteiger partial charge >= 0.3 is 6.18 Å². The van der Waals surface area contributed by atoms with Crippen molar-refractivity contribution in [3.63, 3.8) is 0 Å². The minimum Gasteiger partial charge on any atom is -0.357 e. The van der Waals surface area contributed by atoms with E-state index < -0.39 is 17.5 Å². The number of ketones is 1. The number of carbonyl (C=O) groups excluding carboxylic acids is 1. The highest BCUT2D eigenvalue weighted by Gasteiger charge is 2.35. The molecule has 2 rings (SSSR count). The monoisotopic (exact) mass is 381 g/mol. The summed E-state index contributed by atoms with van der Waals surface area (Å²) in [6, 6.07) is 4.93. The Labute approximate surface area is 136 Å². The summed E-state index contributed by atoms with van der Waals surface area (Å²) in [5, 5.41) is 0. The van der Waals surface area contributed by atoms with Crippen LogP contribution in [0.5, 0.6) is 0 Å². The van der Waals surface area contributed by atoms with Crippen LogP contribution >= 0.6 is 28.7 Å².